The van der Waals surface area contributed by atoms with Crippen molar-refractivity contribution < 1.29 is 14.4 Å². The smallest absolute Gasteiger partial charge is 0.243 e. The Hall–Kier alpha value is -1.24. The molecular formula is C23H45N3O3S. The molecule has 176 valence electrons. The van der Waals surface area contributed by atoms with E-state index >= 15 is 0 Å². The number of unbranched alkanes of at least 4 members (excludes halogenated alkanes) is 4. The molecule has 0 aliphatic carbocycles. The van der Waals surface area contributed by atoms with Gasteiger partial charge in [-0.2, -0.15) is 12.6 Å². The number of likely N-dealkylation sites (N-methyl/N-ethyl adjacent to an activating group) is 1. The zero-order chi connectivity index (χ0) is 23.1. The molecule has 0 aromatic carbocycles. The van der Waals surface area contributed by atoms with Crippen molar-refractivity contribution in [2.45, 2.75) is 98.1 Å². The topological polar surface area (TPSA) is 87.3 Å². The van der Waals surface area contributed by atoms with Crippen LogP contribution in [0.1, 0.15) is 86.0 Å². The summed E-state index contributed by atoms with van der Waals surface area (Å²) in [5.74, 6) is 0.104. The minimum atomic E-state index is -0.653. The molecule has 0 saturated heterocycles. The van der Waals surface area contributed by atoms with E-state index in [9.17, 15) is 14.4 Å². The third-order valence-corrected chi connectivity index (χ3v) is 5.61. The fraction of sp³-hybridized carbons (Fsp3) is 0.870. The molecule has 30 heavy (non-hydrogen) atoms. The Morgan fingerprint density at radius 3 is 1.73 bits per heavy atom. The molecule has 0 aromatic heterocycles. The Kier molecular flexibility index (Phi) is 15.8. The van der Waals surface area contributed by atoms with Gasteiger partial charge in [0.2, 0.25) is 17.7 Å². The van der Waals surface area contributed by atoms with Crippen molar-refractivity contribution in [1.29, 1.82) is 0 Å². The van der Waals surface area contributed by atoms with Crippen LogP contribution in [0.2, 0.25) is 0 Å². The van der Waals surface area contributed by atoms with Gasteiger partial charge in [0.05, 0.1) is 0 Å². The third kappa shape index (κ3) is 12.5. The molecule has 3 atom stereocenters. The predicted octanol–water partition coefficient (Wildman–Crippen LogP) is 3.70. The van der Waals surface area contributed by atoms with Crippen LogP contribution in [0, 0.1) is 17.8 Å². The maximum absolute atomic E-state index is 12.9. The summed E-state index contributed by atoms with van der Waals surface area (Å²) in [4.78, 5) is 37.9. The molecule has 3 N–H and O–H groups in total. The highest BCUT2D eigenvalue weighted by molar-refractivity contribution is 7.80. The molecular weight excluding hydrogens is 398 g/mol. The Labute approximate surface area is 189 Å². The second kappa shape index (κ2) is 16.5. The predicted molar refractivity (Wildman–Crippen MR) is 128 cm³/mol. The fourth-order valence-electron chi connectivity index (χ4n) is 3.44. The Morgan fingerprint density at radius 2 is 1.27 bits per heavy atom. The van der Waals surface area contributed by atoms with Crippen molar-refractivity contribution in [3.8, 4) is 0 Å². The van der Waals surface area contributed by atoms with Crippen LogP contribution in [0.25, 0.3) is 0 Å². The normalized spacial score (nSPS) is 14.3. The molecule has 0 aliphatic rings. The molecule has 0 radical (unpaired) electrons. The van der Waals surface area contributed by atoms with Crippen molar-refractivity contribution in [3.05, 3.63) is 0 Å². The van der Waals surface area contributed by atoms with Gasteiger partial charge in [-0.3, -0.25) is 14.4 Å². The van der Waals surface area contributed by atoms with Gasteiger partial charge in [0.25, 0.3) is 0 Å². The van der Waals surface area contributed by atoms with Gasteiger partial charge < -0.3 is 16.0 Å². The molecule has 0 rings (SSSR count). The number of amides is 3. The van der Waals surface area contributed by atoms with Crippen molar-refractivity contribution in [2.24, 2.45) is 17.8 Å². The fourth-order valence-corrected chi connectivity index (χ4v) is 3.79. The SMILES string of the molecule is CCCCCCCC(CS)C(=O)N[C@@H](CC(C)C)C(=O)N[C@@H](CC(C)C)C(=O)NC. The summed E-state index contributed by atoms with van der Waals surface area (Å²) in [6.07, 6.45) is 7.56. The van der Waals surface area contributed by atoms with Crippen LogP contribution < -0.4 is 16.0 Å². The van der Waals surface area contributed by atoms with Crippen molar-refractivity contribution in [1.82, 2.24) is 16.0 Å². The molecule has 0 bridgehead atoms. The highest BCUT2D eigenvalue weighted by atomic mass is 32.1. The number of hydrogen-bond donors (Lipinski definition) is 4. The van der Waals surface area contributed by atoms with Gasteiger partial charge in [0.1, 0.15) is 12.1 Å². The maximum Gasteiger partial charge on any atom is 0.243 e. The zero-order valence-corrected chi connectivity index (χ0v) is 20.8. The number of hydrogen-bond acceptors (Lipinski definition) is 4. The maximum atomic E-state index is 12.9. The summed E-state index contributed by atoms with van der Waals surface area (Å²) in [7, 11) is 1.56. The lowest BCUT2D eigenvalue weighted by molar-refractivity contribution is -0.133. The third-order valence-electron chi connectivity index (χ3n) is 5.17. The Morgan fingerprint density at radius 1 is 0.767 bits per heavy atom. The van der Waals surface area contributed by atoms with E-state index in [4.69, 9.17) is 0 Å². The summed E-state index contributed by atoms with van der Waals surface area (Å²) >= 11 is 4.36. The second-order valence-electron chi connectivity index (χ2n) is 9.08. The molecule has 0 spiro atoms. The van der Waals surface area contributed by atoms with E-state index < -0.39 is 12.1 Å². The summed E-state index contributed by atoms with van der Waals surface area (Å²) in [6, 6.07) is -1.26. The summed E-state index contributed by atoms with van der Waals surface area (Å²) in [5, 5.41) is 8.39. The lowest BCUT2D eigenvalue weighted by atomic mass is 9.98. The van der Waals surface area contributed by atoms with Crippen LogP contribution in [0.15, 0.2) is 0 Å². The largest absolute Gasteiger partial charge is 0.357 e. The second-order valence-corrected chi connectivity index (χ2v) is 9.44. The average Bonchev–Trinajstić information content (AvgIpc) is 2.68. The molecule has 1 unspecified atom stereocenters. The number of carbonyl (C=O) groups excluding carboxylic acids is 3. The Balaban J connectivity index is 5.03. The van der Waals surface area contributed by atoms with Crippen LogP contribution in [-0.2, 0) is 14.4 Å². The van der Waals surface area contributed by atoms with Gasteiger partial charge >= 0.3 is 0 Å². The first-order valence-electron chi connectivity index (χ1n) is 11.6. The number of nitrogens with one attached hydrogen (secondary N) is 3. The van der Waals surface area contributed by atoms with Crippen LogP contribution in [0.4, 0.5) is 0 Å². The number of rotatable bonds is 16. The quantitative estimate of drug-likeness (QED) is 0.217. The summed E-state index contributed by atoms with van der Waals surface area (Å²) in [6.45, 7) is 10.2. The highest BCUT2D eigenvalue weighted by Crippen LogP contribution is 2.15. The van der Waals surface area contributed by atoms with E-state index in [1.54, 1.807) is 7.05 Å². The van der Waals surface area contributed by atoms with Crippen LogP contribution in [0.5, 0.6) is 0 Å². The monoisotopic (exact) mass is 443 g/mol. The highest BCUT2D eigenvalue weighted by Gasteiger charge is 2.29. The van der Waals surface area contributed by atoms with Crippen molar-refractivity contribution >= 4 is 30.4 Å². The van der Waals surface area contributed by atoms with Gasteiger partial charge in [-0.25, -0.2) is 0 Å². The van der Waals surface area contributed by atoms with Crippen LogP contribution in [0.3, 0.4) is 0 Å². The first-order chi connectivity index (χ1) is 14.2. The first kappa shape index (κ1) is 28.8. The van der Waals surface area contributed by atoms with E-state index in [0.717, 1.165) is 19.3 Å². The lowest BCUT2D eigenvalue weighted by Crippen LogP contribution is -2.54. The molecule has 3 amide bonds. The van der Waals surface area contributed by atoms with Gasteiger partial charge in [0.15, 0.2) is 0 Å². The van der Waals surface area contributed by atoms with Crippen molar-refractivity contribution in [3.63, 3.8) is 0 Å². The van der Waals surface area contributed by atoms with Gasteiger partial charge in [-0.05, 0) is 31.1 Å². The van der Waals surface area contributed by atoms with E-state index in [0.29, 0.717) is 18.6 Å². The number of thiol groups is 1. The van der Waals surface area contributed by atoms with E-state index in [1.807, 2.05) is 27.7 Å². The minimum absolute atomic E-state index is 0.123. The molecule has 0 heterocycles. The van der Waals surface area contributed by atoms with Crippen LogP contribution in [-0.4, -0.2) is 42.6 Å². The molecule has 0 aliphatic heterocycles. The molecule has 0 saturated carbocycles. The van der Waals surface area contributed by atoms with Crippen LogP contribution >= 0.6 is 12.6 Å². The molecule has 0 aromatic rings. The number of carbonyl (C=O) groups is 3. The van der Waals surface area contributed by atoms with E-state index in [2.05, 4.69) is 35.5 Å². The van der Waals surface area contributed by atoms with E-state index in [1.165, 1.54) is 19.3 Å². The molecule has 7 heteroatoms. The summed E-state index contributed by atoms with van der Waals surface area (Å²) < 4.78 is 0. The lowest BCUT2D eigenvalue weighted by Gasteiger charge is -2.26. The van der Waals surface area contributed by atoms with E-state index in [-0.39, 0.29) is 35.5 Å². The van der Waals surface area contributed by atoms with Gasteiger partial charge in [-0.1, -0.05) is 66.7 Å². The zero-order valence-electron chi connectivity index (χ0n) is 19.9. The first-order valence-corrected chi connectivity index (χ1v) is 12.2. The molecule has 6 nitrogen and oxygen atoms in total. The molecule has 0 fully saturated rings. The Bertz CT molecular complexity index is 512. The summed E-state index contributed by atoms with van der Waals surface area (Å²) in [5.41, 5.74) is 0. The average molecular weight is 444 g/mol. The van der Waals surface area contributed by atoms with Gasteiger partial charge in [0, 0.05) is 18.7 Å². The standard InChI is InChI=1S/C23H45N3O3S/c1-7-8-9-10-11-12-18(15-30)21(27)25-20(14-17(4)5)23(29)26-19(13-16(2)3)22(28)24-6/h16-20,30H,7-15H2,1-6H3,(H,24,28)(H,25,27)(H,26,29)/t18?,19-,20-/m0/s1. The van der Waals surface area contributed by atoms with Gasteiger partial charge in [-0.15, -0.1) is 0 Å². The minimum Gasteiger partial charge on any atom is -0.357 e. The van der Waals surface area contributed by atoms with Crippen molar-refractivity contribution in [2.75, 3.05) is 12.8 Å².